The van der Waals surface area contributed by atoms with Gasteiger partial charge in [0.1, 0.15) is 24.2 Å². The van der Waals surface area contributed by atoms with E-state index in [9.17, 15) is 34.2 Å². The number of amides is 3. The molecule has 0 radical (unpaired) electrons. The average molecular weight is 489 g/mol. The van der Waals surface area contributed by atoms with Crippen molar-refractivity contribution >= 4 is 42.3 Å². The van der Waals surface area contributed by atoms with Gasteiger partial charge in [-0.15, -0.1) is 0 Å². The number of imidazole rings is 1. The zero-order chi connectivity index (χ0) is 25.1. The number of nitrogens with two attached hydrogens (primary N) is 1. The van der Waals surface area contributed by atoms with Crippen molar-refractivity contribution < 1.29 is 39.3 Å². The topological polar surface area (TPSA) is 237 Å². The molecule has 0 spiro atoms. The molecular formula is C18H28N6O8S. The second kappa shape index (κ2) is 13.4. The van der Waals surface area contributed by atoms with Crippen molar-refractivity contribution in [2.75, 3.05) is 5.75 Å². The maximum Gasteiger partial charge on any atom is 0.326 e. The SMILES string of the molecule is CC(O)C(N)C(=O)NC(CS)C(=O)NC(CCC(=O)O)C(=O)NC(Cc1cnc[nH]1)C(=O)O. The predicted molar refractivity (Wildman–Crippen MR) is 116 cm³/mol. The lowest BCUT2D eigenvalue weighted by molar-refractivity contribution is -0.143. The van der Waals surface area contributed by atoms with Crippen molar-refractivity contribution in [2.45, 2.75) is 56.5 Å². The first kappa shape index (κ1) is 27.9. The van der Waals surface area contributed by atoms with Crippen LogP contribution in [0.4, 0.5) is 0 Å². The summed E-state index contributed by atoms with van der Waals surface area (Å²) in [7, 11) is 0. The number of nitrogens with zero attached hydrogens (tertiary/aromatic N) is 1. The highest BCUT2D eigenvalue weighted by atomic mass is 32.1. The number of carboxylic acids is 2. The van der Waals surface area contributed by atoms with Crippen molar-refractivity contribution in [3.63, 3.8) is 0 Å². The van der Waals surface area contributed by atoms with Gasteiger partial charge in [0.15, 0.2) is 0 Å². The molecule has 1 aromatic heterocycles. The first-order valence-electron chi connectivity index (χ1n) is 9.83. The van der Waals surface area contributed by atoms with E-state index in [1.165, 1.54) is 19.4 Å². The molecule has 14 nitrogen and oxygen atoms in total. The molecule has 0 aliphatic heterocycles. The van der Waals surface area contributed by atoms with Gasteiger partial charge in [-0.3, -0.25) is 19.2 Å². The van der Waals surface area contributed by atoms with Crippen molar-refractivity contribution in [3.8, 4) is 0 Å². The molecule has 0 aliphatic carbocycles. The molecule has 0 saturated heterocycles. The van der Waals surface area contributed by atoms with E-state index in [0.717, 1.165) is 0 Å². The number of aliphatic hydroxyl groups is 1. The highest BCUT2D eigenvalue weighted by Crippen LogP contribution is 2.04. The van der Waals surface area contributed by atoms with Crippen molar-refractivity contribution in [1.29, 1.82) is 0 Å². The summed E-state index contributed by atoms with van der Waals surface area (Å²) in [5.74, 6) is -5.43. The molecule has 0 aromatic carbocycles. The Kier molecular flexibility index (Phi) is 11.3. The summed E-state index contributed by atoms with van der Waals surface area (Å²) in [6.07, 6.45) is 0.550. The first-order chi connectivity index (χ1) is 15.5. The number of carboxylic acid groups (broad SMARTS) is 2. The number of aromatic amines is 1. The standard InChI is InChI=1S/C18H28N6O8S/c1-8(25)14(19)17(30)24-12(6-33)16(29)22-10(2-3-13(26)27)15(28)23-11(18(31)32)4-9-5-20-7-21-9/h5,7-8,10-12,14,25,33H,2-4,6,19H2,1H3,(H,20,21)(H,22,29)(H,23,28)(H,24,30)(H,26,27)(H,31,32). The molecule has 0 saturated carbocycles. The molecule has 9 N–H and O–H groups in total. The summed E-state index contributed by atoms with van der Waals surface area (Å²) in [6, 6.07) is -5.37. The summed E-state index contributed by atoms with van der Waals surface area (Å²) in [4.78, 5) is 66.3. The third-order valence-corrected chi connectivity index (χ3v) is 4.88. The van der Waals surface area contributed by atoms with Gasteiger partial charge in [-0.2, -0.15) is 12.6 Å². The van der Waals surface area contributed by atoms with E-state index in [0.29, 0.717) is 5.69 Å². The Morgan fingerprint density at radius 1 is 1.06 bits per heavy atom. The minimum atomic E-state index is -1.41. The largest absolute Gasteiger partial charge is 0.481 e. The highest BCUT2D eigenvalue weighted by Gasteiger charge is 2.31. The van der Waals surface area contributed by atoms with Crippen LogP contribution < -0.4 is 21.7 Å². The molecule has 5 atom stereocenters. The maximum atomic E-state index is 12.7. The van der Waals surface area contributed by atoms with Crippen LogP contribution in [0.5, 0.6) is 0 Å². The van der Waals surface area contributed by atoms with E-state index in [2.05, 4.69) is 38.5 Å². The van der Waals surface area contributed by atoms with Gasteiger partial charge in [-0.1, -0.05) is 0 Å². The fourth-order valence-corrected chi connectivity index (χ4v) is 2.84. The van der Waals surface area contributed by atoms with Crippen LogP contribution in [0.15, 0.2) is 12.5 Å². The number of carbonyl (C=O) groups is 5. The van der Waals surface area contributed by atoms with Crippen LogP contribution in [0.25, 0.3) is 0 Å². The van der Waals surface area contributed by atoms with Crippen molar-refractivity contribution in [3.05, 3.63) is 18.2 Å². The Balaban J connectivity index is 2.92. The number of rotatable bonds is 14. The Labute approximate surface area is 194 Å². The van der Waals surface area contributed by atoms with Gasteiger partial charge in [0.05, 0.1) is 12.4 Å². The van der Waals surface area contributed by atoms with Crippen molar-refractivity contribution in [1.82, 2.24) is 25.9 Å². The summed E-state index contributed by atoms with van der Waals surface area (Å²) in [6.45, 7) is 1.29. The average Bonchev–Trinajstić information content (AvgIpc) is 3.26. The van der Waals surface area contributed by atoms with Gasteiger partial charge in [-0.05, 0) is 13.3 Å². The molecule has 1 aromatic rings. The number of nitrogens with one attached hydrogen (secondary N) is 4. The van der Waals surface area contributed by atoms with Gasteiger partial charge in [0.2, 0.25) is 17.7 Å². The zero-order valence-electron chi connectivity index (χ0n) is 17.7. The minimum absolute atomic E-state index is 0.132. The van der Waals surface area contributed by atoms with Gasteiger partial charge < -0.3 is 42.0 Å². The summed E-state index contributed by atoms with van der Waals surface area (Å²) >= 11 is 3.98. The Hall–Kier alpha value is -3.17. The van der Waals surface area contributed by atoms with Crippen LogP contribution in [-0.4, -0.2) is 91.0 Å². The first-order valence-corrected chi connectivity index (χ1v) is 10.5. The van der Waals surface area contributed by atoms with Crippen LogP contribution in [0.3, 0.4) is 0 Å². The second-order valence-electron chi connectivity index (χ2n) is 7.18. The molecule has 0 fully saturated rings. The molecule has 33 heavy (non-hydrogen) atoms. The fourth-order valence-electron chi connectivity index (χ4n) is 2.58. The maximum absolute atomic E-state index is 12.7. The number of H-pyrrole nitrogens is 1. The smallest absolute Gasteiger partial charge is 0.326 e. The van der Waals surface area contributed by atoms with Crippen LogP contribution >= 0.6 is 12.6 Å². The summed E-state index contributed by atoms with van der Waals surface area (Å²) < 4.78 is 0. The second-order valence-corrected chi connectivity index (χ2v) is 7.55. The highest BCUT2D eigenvalue weighted by molar-refractivity contribution is 7.80. The summed E-state index contributed by atoms with van der Waals surface area (Å²) in [5.41, 5.74) is 5.95. The normalized spacial score (nSPS) is 15.4. The van der Waals surface area contributed by atoms with E-state index in [1.807, 2.05) is 0 Å². The van der Waals surface area contributed by atoms with Gasteiger partial charge in [0.25, 0.3) is 0 Å². The lowest BCUT2D eigenvalue weighted by atomic mass is 10.1. The molecule has 1 heterocycles. The van der Waals surface area contributed by atoms with Gasteiger partial charge in [0, 0.05) is 30.5 Å². The lowest BCUT2D eigenvalue weighted by Crippen LogP contribution is -2.58. The van der Waals surface area contributed by atoms with Crippen molar-refractivity contribution in [2.24, 2.45) is 5.73 Å². The zero-order valence-corrected chi connectivity index (χ0v) is 18.6. The molecule has 5 unspecified atom stereocenters. The molecule has 184 valence electrons. The van der Waals surface area contributed by atoms with Gasteiger partial charge >= 0.3 is 11.9 Å². The Bertz CT molecular complexity index is 834. The van der Waals surface area contributed by atoms with Gasteiger partial charge in [-0.25, -0.2) is 9.78 Å². The number of thiol groups is 1. The monoisotopic (exact) mass is 488 g/mol. The number of carbonyl (C=O) groups excluding carboxylic acids is 3. The molecule has 0 bridgehead atoms. The van der Waals surface area contributed by atoms with E-state index in [1.54, 1.807) is 0 Å². The molecule has 0 aliphatic rings. The van der Waals surface area contributed by atoms with E-state index >= 15 is 0 Å². The Morgan fingerprint density at radius 2 is 1.64 bits per heavy atom. The Morgan fingerprint density at radius 3 is 2.12 bits per heavy atom. The number of hydrogen-bond acceptors (Lipinski definition) is 9. The number of aliphatic carboxylic acids is 2. The van der Waals surface area contributed by atoms with E-state index in [4.69, 9.17) is 10.8 Å². The van der Waals surface area contributed by atoms with Crippen LogP contribution in [0, 0.1) is 0 Å². The lowest BCUT2D eigenvalue weighted by Gasteiger charge is -2.24. The van der Waals surface area contributed by atoms with E-state index in [-0.39, 0.29) is 18.6 Å². The number of hydrogen-bond donors (Lipinski definition) is 9. The summed E-state index contributed by atoms with van der Waals surface area (Å²) in [5, 5.41) is 34.6. The number of aromatic nitrogens is 2. The molecule has 1 rings (SSSR count). The van der Waals surface area contributed by atoms with E-state index < -0.39 is 66.4 Å². The molecular weight excluding hydrogens is 460 g/mol. The molecule has 15 heteroatoms. The third kappa shape index (κ3) is 9.46. The predicted octanol–water partition coefficient (Wildman–Crippen LogP) is -3.01. The number of aliphatic hydroxyl groups excluding tert-OH is 1. The van der Waals surface area contributed by atoms with Crippen LogP contribution in [-0.2, 0) is 30.4 Å². The molecule has 3 amide bonds. The third-order valence-electron chi connectivity index (χ3n) is 4.51. The fraction of sp³-hybridized carbons (Fsp3) is 0.556. The quantitative estimate of drug-likeness (QED) is 0.120. The van der Waals surface area contributed by atoms with Crippen LogP contribution in [0.1, 0.15) is 25.5 Å². The van der Waals surface area contributed by atoms with Crippen LogP contribution in [0.2, 0.25) is 0 Å². The minimum Gasteiger partial charge on any atom is -0.481 e.